The molecule has 160 valence electrons. The lowest BCUT2D eigenvalue weighted by atomic mass is 10.0. The van der Waals surface area contributed by atoms with E-state index in [0.29, 0.717) is 24.0 Å². The molecule has 1 N–H and O–H groups in total. The highest BCUT2D eigenvalue weighted by Crippen LogP contribution is 2.41. The fraction of sp³-hybridized carbons (Fsp3) is 0.292. The summed E-state index contributed by atoms with van der Waals surface area (Å²) in [6.07, 6.45) is 3.27. The number of thiophene rings is 1. The number of aryl methyl sites for hydroxylation is 2. The Bertz CT molecular complexity index is 1260. The zero-order valence-corrected chi connectivity index (χ0v) is 19.7. The highest BCUT2D eigenvalue weighted by atomic mass is 32.2. The van der Waals surface area contributed by atoms with Gasteiger partial charge in [0.15, 0.2) is 5.75 Å². The number of aromatic amines is 1. The first kappa shape index (κ1) is 21.6. The van der Waals surface area contributed by atoms with E-state index in [4.69, 9.17) is 4.74 Å². The molecular formula is C24H25N3O2S2. The lowest BCUT2D eigenvalue weighted by molar-refractivity contribution is 0.268. The van der Waals surface area contributed by atoms with E-state index in [-0.39, 0.29) is 5.43 Å². The summed E-state index contributed by atoms with van der Waals surface area (Å²) < 4.78 is 5.58. The molecule has 0 atom stereocenters. The SMILES string of the molecule is Cc1ccc(-c2c(C)sc3ncnc(SCc4cc(=O)c(OCC(C)C)c[nH]4)c23)cc1. The van der Waals surface area contributed by atoms with E-state index >= 15 is 0 Å². The van der Waals surface area contributed by atoms with Gasteiger partial charge in [-0.05, 0) is 25.3 Å². The molecule has 0 bridgehead atoms. The highest BCUT2D eigenvalue weighted by Gasteiger charge is 2.17. The smallest absolute Gasteiger partial charge is 0.223 e. The van der Waals surface area contributed by atoms with Gasteiger partial charge in [-0.25, -0.2) is 9.97 Å². The summed E-state index contributed by atoms with van der Waals surface area (Å²) >= 11 is 3.29. The second-order valence-corrected chi connectivity index (χ2v) is 10.1. The number of fused-ring (bicyclic) bond motifs is 1. The standard InChI is InChI=1S/C24H25N3O2S2/c1-14(2)11-29-20-10-25-18(9-19(20)28)12-30-23-22-21(17-7-5-15(3)6-8-17)16(4)31-24(22)27-13-26-23/h5-10,13-14H,11-12H2,1-4H3,(H,25,28). The number of hydrogen-bond acceptors (Lipinski definition) is 6. The Kier molecular flexibility index (Phi) is 6.43. The number of H-pyrrole nitrogens is 1. The van der Waals surface area contributed by atoms with Crippen LogP contribution in [0.4, 0.5) is 0 Å². The third kappa shape index (κ3) is 4.83. The van der Waals surface area contributed by atoms with E-state index in [1.807, 2.05) is 0 Å². The van der Waals surface area contributed by atoms with Gasteiger partial charge in [-0.3, -0.25) is 4.79 Å². The van der Waals surface area contributed by atoms with Gasteiger partial charge in [-0.1, -0.05) is 55.4 Å². The molecule has 0 radical (unpaired) electrons. The van der Waals surface area contributed by atoms with Crippen molar-refractivity contribution < 1.29 is 4.74 Å². The summed E-state index contributed by atoms with van der Waals surface area (Å²) in [5.41, 5.74) is 4.33. The van der Waals surface area contributed by atoms with Crippen LogP contribution in [0, 0.1) is 19.8 Å². The molecule has 3 aromatic heterocycles. The number of benzene rings is 1. The van der Waals surface area contributed by atoms with E-state index in [2.05, 4.69) is 66.9 Å². The van der Waals surface area contributed by atoms with Gasteiger partial charge in [0, 0.05) is 34.2 Å². The summed E-state index contributed by atoms with van der Waals surface area (Å²) in [7, 11) is 0. The van der Waals surface area contributed by atoms with Gasteiger partial charge in [-0.15, -0.1) is 11.3 Å². The fourth-order valence-corrected chi connectivity index (χ4v) is 5.29. The number of hydrogen-bond donors (Lipinski definition) is 1. The molecule has 31 heavy (non-hydrogen) atoms. The molecule has 0 saturated heterocycles. The van der Waals surface area contributed by atoms with Crippen LogP contribution in [0.5, 0.6) is 5.75 Å². The zero-order chi connectivity index (χ0) is 22.0. The molecule has 7 heteroatoms. The maximum absolute atomic E-state index is 12.4. The normalized spacial score (nSPS) is 11.4. The molecule has 1 aromatic carbocycles. The minimum Gasteiger partial charge on any atom is -0.488 e. The van der Waals surface area contributed by atoms with Gasteiger partial charge in [-0.2, -0.15) is 0 Å². The van der Waals surface area contributed by atoms with Crippen molar-refractivity contribution >= 4 is 33.3 Å². The first-order valence-electron chi connectivity index (χ1n) is 10.2. The first-order chi connectivity index (χ1) is 14.9. The third-order valence-electron chi connectivity index (χ3n) is 4.84. The highest BCUT2D eigenvalue weighted by molar-refractivity contribution is 7.98. The van der Waals surface area contributed by atoms with Crippen molar-refractivity contribution in [1.82, 2.24) is 15.0 Å². The molecular weight excluding hydrogens is 426 g/mol. The molecule has 4 aromatic rings. The number of ether oxygens (including phenoxy) is 1. The summed E-state index contributed by atoms with van der Waals surface area (Å²) in [5, 5.41) is 2.00. The second kappa shape index (κ2) is 9.24. The van der Waals surface area contributed by atoms with Crippen LogP contribution >= 0.6 is 23.1 Å². The van der Waals surface area contributed by atoms with Gasteiger partial charge < -0.3 is 9.72 Å². The van der Waals surface area contributed by atoms with E-state index in [0.717, 1.165) is 20.9 Å². The minimum absolute atomic E-state index is 0.102. The monoisotopic (exact) mass is 451 g/mol. The Hall–Kier alpha value is -2.64. The molecule has 3 heterocycles. The van der Waals surface area contributed by atoms with Crippen LogP contribution in [0.15, 0.2) is 52.7 Å². The molecule has 4 rings (SSSR count). The Labute approximate surface area is 189 Å². The lowest BCUT2D eigenvalue weighted by Gasteiger charge is -2.09. The number of nitrogens with one attached hydrogen (secondary N) is 1. The van der Waals surface area contributed by atoms with Crippen molar-refractivity contribution in [3.63, 3.8) is 0 Å². The van der Waals surface area contributed by atoms with Crippen molar-refractivity contribution in [2.24, 2.45) is 5.92 Å². The Morgan fingerprint density at radius 1 is 1.16 bits per heavy atom. The van der Waals surface area contributed by atoms with Gasteiger partial charge >= 0.3 is 0 Å². The Morgan fingerprint density at radius 3 is 2.65 bits per heavy atom. The largest absolute Gasteiger partial charge is 0.488 e. The van der Waals surface area contributed by atoms with Crippen LogP contribution in [0.2, 0.25) is 0 Å². The zero-order valence-electron chi connectivity index (χ0n) is 18.1. The van der Waals surface area contributed by atoms with Gasteiger partial charge in [0.1, 0.15) is 16.2 Å². The predicted molar refractivity (Wildman–Crippen MR) is 129 cm³/mol. The van der Waals surface area contributed by atoms with Crippen LogP contribution in [0.3, 0.4) is 0 Å². The van der Waals surface area contributed by atoms with Crippen molar-refractivity contribution in [3.05, 3.63) is 69.2 Å². The molecule has 0 spiro atoms. The molecule has 0 aliphatic rings. The van der Waals surface area contributed by atoms with Crippen LogP contribution in [-0.4, -0.2) is 21.6 Å². The third-order valence-corrected chi connectivity index (χ3v) is 6.89. The molecule has 5 nitrogen and oxygen atoms in total. The van der Waals surface area contributed by atoms with Gasteiger partial charge in [0.25, 0.3) is 0 Å². The van der Waals surface area contributed by atoms with E-state index < -0.39 is 0 Å². The quantitative estimate of drug-likeness (QED) is 0.276. The summed E-state index contributed by atoms with van der Waals surface area (Å²) in [4.78, 5) is 26.8. The number of thioether (sulfide) groups is 1. The van der Waals surface area contributed by atoms with Crippen molar-refractivity contribution in [3.8, 4) is 16.9 Å². The summed E-state index contributed by atoms with van der Waals surface area (Å²) in [6, 6.07) is 10.2. The molecule has 0 amide bonds. The summed E-state index contributed by atoms with van der Waals surface area (Å²) in [5.74, 6) is 1.34. The van der Waals surface area contributed by atoms with E-state index in [9.17, 15) is 4.79 Å². The predicted octanol–water partition coefficient (Wildman–Crippen LogP) is 5.99. The fourth-order valence-electron chi connectivity index (χ4n) is 3.29. The van der Waals surface area contributed by atoms with Crippen molar-refractivity contribution in [2.45, 2.75) is 38.5 Å². The average molecular weight is 452 g/mol. The number of pyridine rings is 1. The molecule has 0 unspecified atom stereocenters. The molecule has 0 saturated carbocycles. The Balaban J connectivity index is 1.61. The number of nitrogens with zero attached hydrogens (tertiary/aromatic N) is 2. The van der Waals surface area contributed by atoms with Crippen LogP contribution < -0.4 is 10.2 Å². The number of rotatable bonds is 7. The van der Waals surface area contributed by atoms with Crippen LogP contribution in [0.1, 0.15) is 30.0 Å². The number of aromatic nitrogens is 3. The maximum Gasteiger partial charge on any atom is 0.223 e. The van der Waals surface area contributed by atoms with Crippen molar-refractivity contribution in [1.29, 1.82) is 0 Å². The molecule has 0 aliphatic heterocycles. The minimum atomic E-state index is -0.102. The lowest BCUT2D eigenvalue weighted by Crippen LogP contribution is -2.13. The van der Waals surface area contributed by atoms with E-state index in [1.54, 1.807) is 41.7 Å². The maximum atomic E-state index is 12.4. The van der Waals surface area contributed by atoms with Gasteiger partial charge in [0.2, 0.25) is 5.43 Å². The van der Waals surface area contributed by atoms with Crippen LogP contribution in [-0.2, 0) is 5.75 Å². The first-order valence-corrected chi connectivity index (χ1v) is 12.0. The average Bonchev–Trinajstić information content (AvgIpc) is 3.08. The van der Waals surface area contributed by atoms with Gasteiger partial charge in [0.05, 0.1) is 12.0 Å². The Morgan fingerprint density at radius 2 is 1.94 bits per heavy atom. The molecule has 0 fully saturated rings. The van der Waals surface area contributed by atoms with Crippen molar-refractivity contribution in [2.75, 3.05) is 6.61 Å². The summed E-state index contributed by atoms with van der Waals surface area (Å²) in [6.45, 7) is 8.85. The van der Waals surface area contributed by atoms with E-state index in [1.165, 1.54) is 21.6 Å². The second-order valence-electron chi connectivity index (χ2n) is 7.94. The van der Waals surface area contributed by atoms with Crippen LogP contribution in [0.25, 0.3) is 21.3 Å². The molecule has 0 aliphatic carbocycles. The topological polar surface area (TPSA) is 67.9 Å².